The zero-order valence-electron chi connectivity index (χ0n) is 12.4. The molecule has 0 saturated carbocycles. The largest absolute Gasteiger partial charge is 0.445 e. The molecule has 2 heterocycles. The van der Waals surface area contributed by atoms with Crippen LogP contribution in [0.25, 0.3) is 11.5 Å². The molecule has 1 N–H and O–H groups in total. The van der Waals surface area contributed by atoms with E-state index in [4.69, 9.17) is 4.42 Å². The first-order valence-corrected chi connectivity index (χ1v) is 7.01. The maximum Gasteiger partial charge on any atom is 0.258 e. The van der Waals surface area contributed by atoms with Gasteiger partial charge in [-0.3, -0.25) is 9.48 Å². The standard InChI is InChI=1S/C16H16N4O2/c1-3-20-10-13(9-18-20)15(21)19-14-8-12(5-4-11(14)2)16-17-6-7-22-16/h4-10H,3H2,1-2H3,(H,19,21). The molecule has 0 spiro atoms. The van der Waals surface area contributed by atoms with Crippen LogP contribution in [0.2, 0.25) is 0 Å². The quantitative estimate of drug-likeness (QED) is 0.802. The first-order chi connectivity index (χ1) is 10.7. The van der Waals surface area contributed by atoms with Crippen molar-refractivity contribution in [2.24, 2.45) is 0 Å². The summed E-state index contributed by atoms with van der Waals surface area (Å²) >= 11 is 0. The van der Waals surface area contributed by atoms with Crippen LogP contribution in [0.5, 0.6) is 0 Å². The molecule has 6 nitrogen and oxygen atoms in total. The van der Waals surface area contributed by atoms with Crippen LogP contribution in [-0.2, 0) is 6.54 Å². The van der Waals surface area contributed by atoms with Crippen LogP contribution in [0.1, 0.15) is 22.8 Å². The Morgan fingerprint density at radius 3 is 2.95 bits per heavy atom. The summed E-state index contributed by atoms with van der Waals surface area (Å²) in [5.74, 6) is 0.335. The fourth-order valence-corrected chi connectivity index (χ4v) is 2.10. The number of nitrogens with zero attached hydrogens (tertiary/aromatic N) is 3. The highest BCUT2D eigenvalue weighted by atomic mass is 16.3. The molecule has 3 aromatic rings. The van der Waals surface area contributed by atoms with E-state index in [-0.39, 0.29) is 5.91 Å². The van der Waals surface area contributed by atoms with E-state index in [1.807, 2.05) is 32.0 Å². The molecule has 0 aliphatic carbocycles. The minimum atomic E-state index is -0.188. The van der Waals surface area contributed by atoms with E-state index in [1.165, 1.54) is 6.26 Å². The van der Waals surface area contributed by atoms with E-state index in [0.717, 1.165) is 23.4 Å². The average molecular weight is 296 g/mol. The molecule has 0 fully saturated rings. The lowest BCUT2D eigenvalue weighted by molar-refractivity contribution is 0.102. The Hall–Kier alpha value is -2.89. The predicted octanol–water partition coefficient (Wildman–Crippen LogP) is 3.12. The predicted molar refractivity (Wildman–Crippen MR) is 82.5 cm³/mol. The number of amides is 1. The summed E-state index contributed by atoms with van der Waals surface area (Å²) in [4.78, 5) is 16.4. The average Bonchev–Trinajstić information content (AvgIpc) is 3.20. The van der Waals surface area contributed by atoms with E-state index < -0.39 is 0 Å². The SMILES string of the molecule is CCn1cc(C(=O)Nc2cc(-c3ncco3)ccc2C)cn1. The van der Waals surface area contributed by atoms with Crippen LogP contribution in [0, 0.1) is 6.92 Å². The highest BCUT2D eigenvalue weighted by Crippen LogP contribution is 2.24. The summed E-state index contributed by atoms with van der Waals surface area (Å²) in [6.45, 7) is 4.63. The maximum atomic E-state index is 12.3. The number of carbonyl (C=O) groups is 1. The van der Waals surface area contributed by atoms with Gasteiger partial charge in [0.15, 0.2) is 0 Å². The van der Waals surface area contributed by atoms with Gasteiger partial charge >= 0.3 is 0 Å². The van der Waals surface area contributed by atoms with Crippen molar-refractivity contribution in [3.8, 4) is 11.5 Å². The first-order valence-electron chi connectivity index (χ1n) is 7.01. The number of benzene rings is 1. The molecule has 0 saturated heterocycles. The molecule has 2 aromatic heterocycles. The Labute approximate surface area is 127 Å². The topological polar surface area (TPSA) is 73.0 Å². The number of hydrogen-bond donors (Lipinski definition) is 1. The van der Waals surface area contributed by atoms with Crippen molar-refractivity contribution in [3.63, 3.8) is 0 Å². The molecule has 1 aromatic carbocycles. The number of hydrogen-bond acceptors (Lipinski definition) is 4. The molecular weight excluding hydrogens is 280 g/mol. The summed E-state index contributed by atoms with van der Waals surface area (Å²) in [6, 6.07) is 5.68. The molecule has 112 valence electrons. The third-order valence-electron chi connectivity index (χ3n) is 3.38. The highest BCUT2D eigenvalue weighted by molar-refractivity contribution is 6.04. The summed E-state index contributed by atoms with van der Waals surface area (Å²) in [6.07, 6.45) is 6.40. The second-order valence-corrected chi connectivity index (χ2v) is 4.91. The number of oxazole rings is 1. The van der Waals surface area contributed by atoms with Gasteiger partial charge < -0.3 is 9.73 Å². The van der Waals surface area contributed by atoms with E-state index in [1.54, 1.807) is 23.3 Å². The number of anilines is 1. The van der Waals surface area contributed by atoms with Gasteiger partial charge in [0, 0.05) is 24.0 Å². The molecule has 22 heavy (non-hydrogen) atoms. The third kappa shape index (κ3) is 2.76. The van der Waals surface area contributed by atoms with Gasteiger partial charge in [-0.25, -0.2) is 4.98 Å². The number of aromatic nitrogens is 3. The Morgan fingerprint density at radius 1 is 1.41 bits per heavy atom. The lowest BCUT2D eigenvalue weighted by Crippen LogP contribution is -2.12. The van der Waals surface area contributed by atoms with Crippen molar-refractivity contribution < 1.29 is 9.21 Å². The van der Waals surface area contributed by atoms with Crippen molar-refractivity contribution in [1.29, 1.82) is 0 Å². The number of carbonyl (C=O) groups excluding carboxylic acids is 1. The van der Waals surface area contributed by atoms with Crippen molar-refractivity contribution in [3.05, 3.63) is 54.2 Å². The van der Waals surface area contributed by atoms with Crippen LogP contribution in [0.15, 0.2) is 47.5 Å². The lowest BCUT2D eigenvalue weighted by atomic mass is 10.1. The molecule has 3 rings (SSSR count). The molecule has 0 radical (unpaired) electrons. The van der Waals surface area contributed by atoms with E-state index in [0.29, 0.717) is 11.5 Å². The molecule has 0 aliphatic heterocycles. The third-order valence-corrected chi connectivity index (χ3v) is 3.38. The maximum absolute atomic E-state index is 12.3. The van der Waals surface area contributed by atoms with Crippen LogP contribution < -0.4 is 5.32 Å². The minimum Gasteiger partial charge on any atom is -0.445 e. The Kier molecular flexibility index (Phi) is 3.74. The van der Waals surface area contributed by atoms with E-state index in [2.05, 4.69) is 15.4 Å². The fraction of sp³-hybridized carbons (Fsp3) is 0.188. The van der Waals surface area contributed by atoms with Gasteiger partial charge in [0.25, 0.3) is 5.91 Å². The van der Waals surface area contributed by atoms with Crippen molar-refractivity contribution in [1.82, 2.24) is 14.8 Å². The second-order valence-electron chi connectivity index (χ2n) is 4.91. The van der Waals surface area contributed by atoms with Crippen LogP contribution in [0.4, 0.5) is 5.69 Å². The van der Waals surface area contributed by atoms with Gasteiger partial charge in [0.05, 0.1) is 18.0 Å². The molecule has 0 bridgehead atoms. The van der Waals surface area contributed by atoms with Crippen LogP contribution in [-0.4, -0.2) is 20.7 Å². The summed E-state index contributed by atoms with van der Waals surface area (Å²) in [5.41, 5.74) is 3.04. The zero-order valence-corrected chi connectivity index (χ0v) is 12.4. The van der Waals surface area contributed by atoms with Crippen molar-refractivity contribution >= 4 is 11.6 Å². The smallest absolute Gasteiger partial charge is 0.258 e. The normalized spacial score (nSPS) is 10.6. The molecule has 1 amide bonds. The van der Waals surface area contributed by atoms with Gasteiger partial charge in [-0.05, 0) is 31.5 Å². The number of aryl methyl sites for hydroxylation is 2. The second kappa shape index (κ2) is 5.85. The molecule has 0 unspecified atom stereocenters. The van der Waals surface area contributed by atoms with Crippen LogP contribution >= 0.6 is 0 Å². The minimum absolute atomic E-state index is 0.188. The Bertz CT molecular complexity index is 790. The summed E-state index contributed by atoms with van der Waals surface area (Å²) in [5, 5.41) is 7.01. The van der Waals surface area contributed by atoms with Gasteiger partial charge in [-0.15, -0.1) is 0 Å². The Balaban J connectivity index is 1.85. The summed E-state index contributed by atoms with van der Waals surface area (Å²) in [7, 11) is 0. The number of nitrogens with one attached hydrogen (secondary N) is 1. The van der Waals surface area contributed by atoms with E-state index >= 15 is 0 Å². The molecule has 6 heteroatoms. The molecule has 0 aliphatic rings. The van der Waals surface area contributed by atoms with Gasteiger partial charge in [0.1, 0.15) is 6.26 Å². The molecular formula is C16H16N4O2. The van der Waals surface area contributed by atoms with Gasteiger partial charge in [-0.2, -0.15) is 5.10 Å². The highest BCUT2D eigenvalue weighted by Gasteiger charge is 2.12. The van der Waals surface area contributed by atoms with Crippen LogP contribution in [0.3, 0.4) is 0 Å². The Morgan fingerprint density at radius 2 is 2.27 bits per heavy atom. The zero-order chi connectivity index (χ0) is 15.5. The fourth-order valence-electron chi connectivity index (χ4n) is 2.10. The van der Waals surface area contributed by atoms with Gasteiger partial charge in [0.2, 0.25) is 5.89 Å². The number of rotatable bonds is 4. The van der Waals surface area contributed by atoms with Crippen molar-refractivity contribution in [2.75, 3.05) is 5.32 Å². The molecule has 0 atom stereocenters. The summed E-state index contributed by atoms with van der Waals surface area (Å²) < 4.78 is 7.00. The van der Waals surface area contributed by atoms with Crippen molar-refractivity contribution in [2.45, 2.75) is 20.4 Å². The lowest BCUT2D eigenvalue weighted by Gasteiger charge is -2.08. The first kappa shape index (κ1) is 14.1. The monoisotopic (exact) mass is 296 g/mol. The van der Waals surface area contributed by atoms with Gasteiger partial charge in [-0.1, -0.05) is 6.07 Å². The van der Waals surface area contributed by atoms with E-state index in [9.17, 15) is 4.79 Å².